The maximum atomic E-state index is 12.0. The lowest BCUT2D eigenvalue weighted by Crippen LogP contribution is -2.52. The van der Waals surface area contributed by atoms with E-state index in [9.17, 15) is 10.1 Å². The third kappa shape index (κ3) is 4.86. The normalized spacial score (nSPS) is 20.6. The predicted octanol–water partition coefficient (Wildman–Crippen LogP) is 3.34. The first kappa shape index (κ1) is 26.8. The Morgan fingerprint density at radius 3 is 2.59 bits per heavy atom. The standard InChI is InChI=1S/C24H26ClN7OS.CH2O2/c1-30-17(14-33)19(34-18-6-5-15-21(22(18)25)16(12-26)31(2)29-15)13-28-23(30)32-10-8-24(9-11-32)7-3-4-20(24)27;2-1-3/h5-6,13,20H,3-4,7-11,27H2,1-2H3;1H,(H,2,3)/t20-;/m1./s1. The number of aliphatic imine (C=N–C) groups is 1. The minimum atomic E-state index is -0.250. The summed E-state index contributed by atoms with van der Waals surface area (Å²) in [4.78, 5) is 30.5. The van der Waals surface area contributed by atoms with E-state index in [0.717, 1.165) is 43.2 Å². The zero-order chi connectivity index (χ0) is 26.7. The van der Waals surface area contributed by atoms with Crippen molar-refractivity contribution in [3.8, 4) is 6.07 Å². The number of hydrogen-bond donors (Lipinski definition) is 2. The molecule has 3 N–H and O–H groups in total. The van der Waals surface area contributed by atoms with Crippen LogP contribution in [-0.2, 0) is 16.6 Å². The van der Waals surface area contributed by atoms with Gasteiger partial charge in [0.2, 0.25) is 5.96 Å². The summed E-state index contributed by atoms with van der Waals surface area (Å²) < 4.78 is 1.52. The Morgan fingerprint density at radius 2 is 2.00 bits per heavy atom. The third-order valence-electron chi connectivity index (χ3n) is 7.51. The average Bonchev–Trinajstić information content (AvgIpc) is 3.41. The molecule has 2 aliphatic heterocycles. The molecule has 1 atom stereocenters. The van der Waals surface area contributed by atoms with E-state index in [0.29, 0.717) is 32.2 Å². The highest BCUT2D eigenvalue weighted by Gasteiger charge is 2.44. The van der Waals surface area contributed by atoms with Crippen molar-refractivity contribution in [2.45, 2.75) is 43.0 Å². The number of aromatic nitrogens is 2. The number of hydrogen-bond acceptors (Lipinski definition) is 9. The molecule has 2 aromatic rings. The van der Waals surface area contributed by atoms with Crippen molar-refractivity contribution in [3.63, 3.8) is 0 Å². The molecule has 0 radical (unpaired) electrons. The molecule has 1 aromatic heterocycles. The lowest BCUT2D eigenvalue weighted by molar-refractivity contribution is -0.122. The van der Waals surface area contributed by atoms with Gasteiger partial charge in [0.15, 0.2) is 5.94 Å². The Labute approximate surface area is 224 Å². The summed E-state index contributed by atoms with van der Waals surface area (Å²) >= 11 is 8.01. The van der Waals surface area contributed by atoms with E-state index in [1.165, 1.54) is 29.3 Å². The molecule has 1 aromatic carbocycles. The van der Waals surface area contributed by atoms with Gasteiger partial charge in [0.05, 0.1) is 20.8 Å². The van der Waals surface area contributed by atoms with Gasteiger partial charge in [0.1, 0.15) is 17.5 Å². The highest BCUT2D eigenvalue weighted by molar-refractivity contribution is 8.03. The van der Waals surface area contributed by atoms with Gasteiger partial charge in [-0.25, -0.2) is 9.79 Å². The van der Waals surface area contributed by atoms with Crippen molar-refractivity contribution in [3.05, 3.63) is 39.7 Å². The summed E-state index contributed by atoms with van der Waals surface area (Å²) in [5.41, 5.74) is 8.16. The Hall–Kier alpha value is -3.29. The minimum absolute atomic E-state index is 0.250. The van der Waals surface area contributed by atoms with Crippen LogP contribution in [0.4, 0.5) is 0 Å². The number of nitriles is 1. The van der Waals surface area contributed by atoms with Gasteiger partial charge in [0.25, 0.3) is 6.47 Å². The molecule has 10 nitrogen and oxygen atoms in total. The fraction of sp³-hybridized carbons (Fsp3) is 0.440. The molecule has 2 fully saturated rings. The summed E-state index contributed by atoms with van der Waals surface area (Å²) in [5.74, 6) is 2.85. The van der Waals surface area contributed by atoms with Gasteiger partial charge in [-0.3, -0.25) is 9.48 Å². The highest BCUT2D eigenvalue weighted by atomic mass is 35.5. The number of fused-ring (bicyclic) bond motifs is 1. The molecule has 1 aliphatic carbocycles. The van der Waals surface area contributed by atoms with Crippen LogP contribution in [0.25, 0.3) is 10.9 Å². The first-order valence-corrected chi connectivity index (χ1v) is 13.1. The zero-order valence-electron chi connectivity index (χ0n) is 20.6. The first-order chi connectivity index (χ1) is 17.8. The second kappa shape index (κ2) is 11.0. The van der Waals surface area contributed by atoms with E-state index in [2.05, 4.69) is 22.0 Å². The molecule has 12 heteroatoms. The molecule has 1 spiro atoms. The average molecular weight is 542 g/mol. The number of piperidine rings is 1. The molecule has 3 aliphatic rings. The van der Waals surface area contributed by atoms with Crippen molar-refractivity contribution in [2.24, 2.45) is 23.2 Å². The minimum Gasteiger partial charge on any atom is -0.483 e. The van der Waals surface area contributed by atoms with Crippen LogP contribution < -0.4 is 5.73 Å². The summed E-state index contributed by atoms with van der Waals surface area (Å²) in [5, 5.41) is 21.8. The van der Waals surface area contributed by atoms with E-state index in [1.54, 1.807) is 18.1 Å². The number of likely N-dealkylation sites (N-methyl/N-ethyl adjacent to an activating group) is 1. The molecule has 0 unspecified atom stereocenters. The number of halogens is 1. The monoisotopic (exact) mass is 541 g/mol. The van der Waals surface area contributed by atoms with E-state index < -0.39 is 0 Å². The van der Waals surface area contributed by atoms with Crippen molar-refractivity contribution >= 4 is 52.6 Å². The molecule has 194 valence electrons. The van der Waals surface area contributed by atoms with E-state index in [4.69, 9.17) is 32.2 Å². The molecule has 0 bridgehead atoms. The second-order valence-corrected chi connectivity index (χ2v) is 10.8. The van der Waals surface area contributed by atoms with E-state index in [-0.39, 0.29) is 17.9 Å². The van der Waals surface area contributed by atoms with Gasteiger partial charge in [-0.2, -0.15) is 10.4 Å². The van der Waals surface area contributed by atoms with Crippen LogP contribution in [0, 0.1) is 16.7 Å². The molecule has 0 amide bonds. The number of carbonyl (C=O) groups excluding carboxylic acids is 1. The van der Waals surface area contributed by atoms with Crippen LogP contribution in [0.3, 0.4) is 0 Å². The number of rotatable bonds is 2. The maximum absolute atomic E-state index is 12.0. The molecule has 5 rings (SSSR count). The Morgan fingerprint density at radius 1 is 1.30 bits per heavy atom. The summed E-state index contributed by atoms with van der Waals surface area (Å²) in [6.45, 7) is 1.50. The largest absolute Gasteiger partial charge is 0.483 e. The van der Waals surface area contributed by atoms with Gasteiger partial charge >= 0.3 is 0 Å². The summed E-state index contributed by atoms with van der Waals surface area (Å²) in [7, 11) is 3.56. The molecule has 1 saturated heterocycles. The quantitative estimate of drug-likeness (QED) is 0.432. The maximum Gasteiger partial charge on any atom is 0.290 e. The number of benzene rings is 1. The Balaban J connectivity index is 0.00000102. The van der Waals surface area contributed by atoms with Crippen LogP contribution in [-0.4, -0.2) is 69.2 Å². The number of nitrogens with zero attached hydrogens (tertiary/aromatic N) is 6. The lowest BCUT2D eigenvalue weighted by atomic mass is 9.74. The van der Waals surface area contributed by atoms with Crippen molar-refractivity contribution in [2.75, 3.05) is 20.1 Å². The van der Waals surface area contributed by atoms with Crippen LogP contribution in [0.15, 0.2) is 38.8 Å². The van der Waals surface area contributed by atoms with Crippen molar-refractivity contribution in [1.29, 1.82) is 5.26 Å². The van der Waals surface area contributed by atoms with E-state index >= 15 is 0 Å². The van der Waals surface area contributed by atoms with Gasteiger partial charge in [0, 0.05) is 44.3 Å². The number of aryl methyl sites for hydroxylation is 1. The van der Waals surface area contributed by atoms with Crippen LogP contribution in [0.5, 0.6) is 0 Å². The fourth-order valence-electron chi connectivity index (χ4n) is 5.51. The predicted molar refractivity (Wildman–Crippen MR) is 143 cm³/mol. The third-order valence-corrected chi connectivity index (χ3v) is 9.09. The number of nitrogens with two attached hydrogens (primary N) is 1. The lowest BCUT2D eigenvalue weighted by Gasteiger charge is -2.44. The first-order valence-electron chi connectivity index (χ1n) is 11.9. The van der Waals surface area contributed by atoms with E-state index in [1.807, 2.05) is 19.2 Å². The summed E-state index contributed by atoms with van der Waals surface area (Å²) in [6, 6.07) is 6.13. The topological polar surface area (TPSA) is 141 Å². The van der Waals surface area contributed by atoms with Crippen LogP contribution in [0.1, 0.15) is 37.8 Å². The van der Waals surface area contributed by atoms with Crippen LogP contribution in [0.2, 0.25) is 5.02 Å². The smallest absolute Gasteiger partial charge is 0.290 e. The summed E-state index contributed by atoms with van der Waals surface area (Å²) in [6.07, 6.45) is 7.35. The van der Waals surface area contributed by atoms with Crippen molar-refractivity contribution in [1.82, 2.24) is 19.6 Å². The number of guanidine groups is 1. The Kier molecular flexibility index (Phi) is 7.95. The van der Waals surface area contributed by atoms with Crippen molar-refractivity contribution < 1.29 is 14.7 Å². The Bertz CT molecular complexity index is 1360. The molecular formula is C25H28ClN7O3S. The number of carboxylic acid groups (broad SMARTS) is 1. The van der Waals surface area contributed by atoms with Gasteiger partial charge in [-0.05, 0) is 43.2 Å². The van der Waals surface area contributed by atoms with Crippen LogP contribution >= 0.6 is 23.4 Å². The number of carbonyl (C=O) groups is 1. The molecule has 1 saturated carbocycles. The van der Waals surface area contributed by atoms with Gasteiger partial charge < -0.3 is 20.6 Å². The zero-order valence-corrected chi connectivity index (χ0v) is 22.2. The second-order valence-electron chi connectivity index (χ2n) is 9.34. The number of likely N-dealkylation sites (tertiary alicyclic amines) is 1. The SMILES string of the molecule is CN1C(=C=O)C(Sc2ccc3nn(C)c(C#N)c3c2Cl)=CN=C1N1CCC2(CCC[C@H]2N)CC1.O=CO. The fourth-order valence-corrected chi connectivity index (χ4v) is 6.82. The highest BCUT2D eigenvalue weighted by Crippen LogP contribution is 2.46. The molecule has 3 heterocycles. The number of thioether (sulfide) groups is 1. The molecule has 37 heavy (non-hydrogen) atoms. The molecular weight excluding hydrogens is 514 g/mol. The van der Waals surface area contributed by atoms with Gasteiger partial charge in [-0.15, -0.1) is 0 Å². The van der Waals surface area contributed by atoms with Gasteiger partial charge in [-0.1, -0.05) is 29.8 Å².